The van der Waals surface area contributed by atoms with Crippen LogP contribution in [0.4, 0.5) is 4.79 Å². The molecular weight excluding hydrogens is 214 g/mol. The summed E-state index contributed by atoms with van der Waals surface area (Å²) in [5.74, 6) is 0.473. The molecule has 0 saturated heterocycles. The van der Waals surface area contributed by atoms with Crippen molar-refractivity contribution in [2.24, 2.45) is 11.7 Å². The van der Waals surface area contributed by atoms with E-state index in [0.29, 0.717) is 18.5 Å². The quantitative estimate of drug-likeness (QED) is 0.793. The summed E-state index contributed by atoms with van der Waals surface area (Å²) >= 11 is 0. The molecule has 0 heterocycles. The molecule has 0 aromatic carbocycles. The van der Waals surface area contributed by atoms with Gasteiger partial charge in [0.05, 0.1) is 0 Å². The smallest absolute Gasteiger partial charge is 0.318 e. The Morgan fingerprint density at radius 3 is 2.53 bits per heavy atom. The molecule has 100 valence electrons. The summed E-state index contributed by atoms with van der Waals surface area (Å²) in [6.07, 6.45) is 3.43. The van der Waals surface area contributed by atoms with Gasteiger partial charge in [-0.15, -0.1) is 0 Å². The molecule has 0 spiro atoms. The van der Waals surface area contributed by atoms with Crippen LogP contribution in [0.15, 0.2) is 0 Å². The van der Waals surface area contributed by atoms with E-state index in [9.17, 15) is 4.79 Å². The summed E-state index contributed by atoms with van der Waals surface area (Å²) < 4.78 is 0. The highest BCUT2D eigenvalue weighted by Gasteiger charge is 2.33. The Hall–Kier alpha value is -0.770. The first-order valence-corrected chi connectivity index (χ1v) is 6.68. The van der Waals surface area contributed by atoms with Crippen molar-refractivity contribution in [2.75, 3.05) is 13.1 Å². The molecule has 1 rings (SSSR count). The van der Waals surface area contributed by atoms with Gasteiger partial charge >= 0.3 is 6.03 Å². The molecule has 17 heavy (non-hydrogen) atoms. The number of carbonyl (C=O) groups is 1. The van der Waals surface area contributed by atoms with Crippen molar-refractivity contribution in [3.8, 4) is 0 Å². The van der Waals surface area contributed by atoms with E-state index >= 15 is 0 Å². The van der Waals surface area contributed by atoms with Crippen LogP contribution in [-0.4, -0.2) is 35.6 Å². The fourth-order valence-electron chi connectivity index (χ4n) is 2.62. The zero-order chi connectivity index (χ0) is 13.1. The third-order valence-electron chi connectivity index (χ3n) is 3.41. The van der Waals surface area contributed by atoms with Crippen LogP contribution in [0.1, 0.15) is 47.0 Å². The first-order chi connectivity index (χ1) is 7.89. The van der Waals surface area contributed by atoms with Crippen LogP contribution >= 0.6 is 0 Å². The van der Waals surface area contributed by atoms with E-state index in [-0.39, 0.29) is 11.6 Å². The van der Waals surface area contributed by atoms with Crippen molar-refractivity contribution in [2.45, 2.75) is 58.5 Å². The fraction of sp³-hybridized carbons (Fsp3) is 0.923. The van der Waals surface area contributed by atoms with Crippen molar-refractivity contribution in [3.63, 3.8) is 0 Å². The normalized spacial score (nSPS) is 24.8. The number of amides is 2. The summed E-state index contributed by atoms with van der Waals surface area (Å²) in [5, 5.41) is 3.04. The summed E-state index contributed by atoms with van der Waals surface area (Å²) in [4.78, 5) is 14.2. The Labute approximate surface area is 105 Å². The molecule has 0 aromatic rings. The summed E-state index contributed by atoms with van der Waals surface area (Å²) in [7, 11) is 0. The third kappa shape index (κ3) is 3.87. The summed E-state index contributed by atoms with van der Waals surface area (Å²) in [6.45, 7) is 9.50. The average Bonchev–Trinajstić information content (AvgIpc) is 2.64. The number of nitrogens with zero attached hydrogens (tertiary/aromatic N) is 1. The van der Waals surface area contributed by atoms with Gasteiger partial charge in [-0.25, -0.2) is 4.79 Å². The Morgan fingerprint density at radius 2 is 2.06 bits per heavy atom. The molecule has 0 radical (unpaired) electrons. The molecule has 2 unspecified atom stereocenters. The van der Waals surface area contributed by atoms with Crippen LogP contribution in [-0.2, 0) is 0 Å². The van der Waals surface area contributed by atoms with E-state index in [1.807, 2.05) is 32.6 Å². The Bertz CT molecular complexity index is 260. The van der Waals surface area contributed by atoms with Gasteiger partial charge < -0.3 is 16.0 Å². The number of rotatable bonds is 3. The molecule has 1 aliphatic carbocycles. The van der Waals surface area contributed by atoms with Crippen molar-refractivity contribution in [1.29, 1.82) is 0 Å². The molecule has 2 amide bonds. The third-order valence-corrected chi connectivity index (χ3v) is 3.41. The maximum atomic E-state index is 12.2. The Balaban J connectivity index is 2.67. The van der Waals surface area contributed by atoms with Gasteiger partial charge in [0.1, 0.15) is 0 Å². The molecule has 4 nitrogen and oxygen atoms in total. The lowest BCUT2D eigenvalue weighted by Crippen LogP contribution is -2.53. The molecule has 0 aliphatic heterocycles. The van der Waals surface area contributed by atoms with Gasteiger partial charge in [-0.3, -0.25) is 0 Å². The molecule has 0 aromatic heterocycles. The minimum atomic E-state index is -0.179. The number of nitrogens with two attached hydrogens (primary N) is 1. The van der Waals surface area contributed by atoms with Gasteiger partial charge in [0.2, 0.25) is 0 Å². The van der Waals surface area contributed by atoms with E-state index in [1.165, 1.54) is 6.42 Å². The molecule has 4 heteroatoms. The highest BCUT2D eigenvalue weighted by Crippen LogP contribution is 2.29. The second-order valence-electron chi connectivity index (χ2n) is 5.96. The van der Waals surface area contributed by atoms with E-state index in [2.05, 4.69) is 5.32 Å². The monoisotopic (exact) mass is 241 g/mol. The van der Waals surface area contributed by atoms with Crippen LogP contribution in [0.2, 0.25) is 0 Å². The Kier molecular flexibility index (Phi) is 4.80. The minimum Gasteiger partial charge on any atom is -0.333 e. The molecule has 1 aliphatic rings. The number of hydrogen-bond donors (Lipinski definition) is 2. The van der Waals surface area contributed by atoms with Crippen molar-refractivity contribution in [1.82, 2.24) is 10.2 Å². The largest absolute Gasteiger partial charge is 0.333 e. The first kappa shape index (κ1) is 14.3. The van der Waals surface area contributed by atoms with Gasteiger partial charge in [0.15, 0.2) is 0 Å². The van der Waals surface area contributed by atoms with Gasteiger partial charge in [-0.2, -0.15) is 0 Å². The second kappa shape index (κ2) is 5.71. The van der Waals surface area contributed by atoms with Crippen molar-refractivity contribution in [3.05, 3.63) is 0 Å². The van der Waals surface area contributed by atoms with Crippen LogP contribution in [0.5, 0.6) is 0 Å². The molecule has 3 N–H and O–H groups in total. The number of carbonyl (C=O) groups excluding carboxylic acids is 1. The SMILES string of the molecule is CCN(C(=O)NC(C)(C)C)C1CCCC1CN. The predicted octanol–water partition coefficient (Wildman–Crippen LogP) is 1.94. The molecular formula is C13H27N3O. The van der Waals surface area contributed by atoms with Crippen LogP contribution in [0.3, 0.4) is 0 Å². The summed E-state index contributed by atoms with van der Waals surface area (Å²) in [6, 6.07) is 0.373. The first-order valence-electron chi connectivity index (χ1n) is 6.68. The van der Waals surface area contributed by atoms with E-state index in [0.717, 1.165) is 19.4 Å². The highest BCUT2D eigenvalue weighted by atomic mass is 16.2. The average molecular weight is 241 g/mol. The topological polar surface area (TPSA) is 58.4 Å². The number of hydrogen-bond acceptors (Lipinski definition) is 2. The lowest BCUT2D eigenvalue weighted by molar-refractivity contribution is 0.155. The lowest BCUT2D eigenvalue weighted by Gasteiger charge is -2.34. The standard InChI is InChI=1S/C13H27N3O/c1-5-16(12(17)15-13(2,3)4)11-8-6-7-10(11)9-14/h10-11H,5-9,14H2,1-4H3,(H,15,17). The van der Waals surface area contributed by atoms with Crippen LogP contribution < -0.4 is 11.1 Å². The second-order valence-corrected chi connectivity index (χ2v) is 5.96. The maximum Gasteiger partial charge on any atom is 0.318 e. The van der Waals surface area contributed by atoms with Gasteiger partial charge in [0, 0.05) is 18.1 Å². The van der Waals surface area contributed by atoms with E-state index in [1.54, 1.807) is 0 Å². The number of nitrogens with one attached hydrogen (secondary N) is 1. The lowest BCUT2D eigenvalue weighted by atomic mass is 10.0. The fourth-order valence-corrected chi connectivity index (χ4v) is 2.62. The van der Waals surface area contributed by atoms with Gasteiger partial charge in [-0.1, -0.05) is 6.42 Å². The minimum absolute atomic E-state index is 0.0466. The zero-order valence-corrected chi connectivity index (χ0v) is 11.6. The molecule has 1 fully saturated rings. The molecule has 2 atom stereocenters. The Morgan fingerprint density at radius 1 is 1.41 bits per heavy atom. The van der Waals surface area contributed by atoms with Crippen molar-refractivity contribution < 1.29 is 4.79 Å². The zero-order valence-electron chi connectivity index (χ0n) is 11.6. The molecule has 0 bridgehead atoms. The van der Waals surface area contributed by atoms with Gasteiger partial charge in [-0.05, 0) is 53.0 Å². The van der Waals surface area contributed by atoms with Crippen molar-refractivity contribution >= 4 is 6.03 Å². The van der Waals surface area contributed by atoms with Gasteiger partial charge in [0.25, 0.3) is 0 Å². The predicted molar refractivity (Wildman–Crippen MR) is 70.8 cm³/mol. The highest BCUT2D eigenvalue weighted by molar-refractivity contribution is 5.75. The van der Waals surface area contributed by atoms with Crippen LogP contribution in [0, 0.1) is 5.92 Å². The van der Waals surface area contributed by atoms with Crippen LogP contribution in [0.25, 0.3) is 0 Å². The molecule has 1 saturated carbocycles. The summed E-state index contributed by atoms with van der Waals surface area (Å²) in [5.41, 5.74) is 5.61. The van der Waals surface area contributed by atoms with E-state index in [4.69, 9.17) is 5.73 Å². The van der Waals surface area contributed by atoms with E-state index < -0.39 is 0 Å². The number of urea groups is 1. The maximum absolute atomic E-state index is 12.2.